The van der Waals surface area contributed by atoms with Crippen LogP contribution in [-0.2, 0) is 10.0 Å². The van der Waals surface area contributed by atoms with Crippen LogP contribution in [0.5, 0.6) is 0 Å². The molecule has 2 heterocycles. The molecule has 5 nitrogen and oxygen atoms in total. The Balaban J connectivity index is 1.70. The van der Waals surface area contributed by atoms with Crippen molar-refractivity contribution in [2.75, 3.05) is 13.1 Å². The van der Waals surface area contributed by atoms with E-state index in [1.165, 1.54) is 12.5 Å². The van der Waals surface area contributed by atoms with E-state index in [2.05, 4.69) is 5.32 Å². The first-order valence-corrected chi connectivity index (χ1v) is 8.44. The molecule has 1 aromatic rings. The number of nitrogens with zero attached hydrogens (tertiary/aromatic N) is 1. The highest BCUT2D eigenvalue weighted by Gasteiger charge is 2.40. The molecule has 1 saturated heterocycles. The minimum absolute atomic E-state index is 0.143. The molecule has 2 aliphatic heterocycles. The molecule has 1 aromatic carbocycles. The van der Waals surface area contributed by atoms with E-state index in [0.717, 1.165) is 23.7 Å². The second-order valence-corrected chi connectivity index (χ2v) is 7.14. The first-order chi connectivity index (χ1) is 9.60. The Bertz CT molecular complexity index is 621. The lowest BCUT2D eigenvalue weighted by Gasteiger charge is -2.16. The molecule has 1 unspecified atom stereocenters. The fraction of sp³-hybridized carbons (Fsp3) is 0.500. The highest BCUT2D eigenvalue weighted by atomic mass is 32.2. The summed E-state index contributed by atoms with van der Waals surface area (Å²) in [6.45, 7) is 1.31. The third-order valence-electron chi connectivity index (χ3n) is 3.99. The van der Waals surface area contributed by atoms with E-state index in [1.807, 2.05) is 0 Å². The molecule has 1 atom stereocenters. The van der Waals surface area contributed by atoms with Crippen molar-refractivity contribution in [2.45, 2.75) is 36.6 Å². The summed E-state index contributed by atoms with van der Waals surface area (Å²) in [5.41, 5.74) is 0.298. The van der Waals surface area contributed by atoms with Crippen LogP contribution in [0.1, 0.15) is 36.0 Å². The summed E-state index contributed by atoms with van der Waals surface area (Å²) in [4.78, 5) is 12.3. The van der Waals surface area contributed by atoms with Crippen molar-refractivity contribution in [1.82, 2.24) is 9.62 Å². The third kappa shape index (κ3) is 2.23. The lowest BCUT2D eigenvalue weighted by atomic mass is 10.1. The fourth-order valence-electron chi connectivity index (χ4n) is 2.94. The summed E-state index contributed by atoms with van der Waals surface area (Å²) in [6.07, 6.45) is 3.93. The van der Waals surface area contributed by atoms with Gasteiger partial charge in [-0.15, -0.1) is 0 Å². The molecule has 1 N–H and O–H groups in total. The number of hydrogen-bond acceptors (Lipinski definition) is 4. The second-order valence-electron chi connectivity index (χ2n) is 5.31. The molecular weight excluding hydrogens is 276 g/mol. The number of hydrogen-bond donors (Lipinski definition) is 1. The number of rotatable bonds is 4. The summed E-state index contributed by atoms with van der Waals surface area (Å²) in [6, 6.07) is 6.89. The minimum atomic E-state index is -3.63. The van der Waals surface area contributed by atoms with Gasteiger partial charge in [-0.3, -0.25) is 4.79 Å². The van der Waals surface area contributed by atoms with Gasteiger partial charge in [-0.25, -0.2) is 12.7 Å². The molecule has 1 amide bonds. The van der Waals surface area contributed by atoms with Gasteiger partial charge in [0.1, 0.15) is 4.90 Å². The first kappa shape index (κ1) is 13.6. The number of benzene rings is 1. The average molecular weight is 294 g/mol. The van der Waals surface area contributed by atoms with Gasteiger partial charge in [0.15, 0.2) is 0 Å². The maximum Gasteiger partial charge on any atom is 0.269 e. The molecule has 0 saturated carbocycles. The van der Waals surface area contributed by atoms with Crippen LogP contribution in [0.15, 0.2) is 29.2 Å². The number of fused-ring (bicyclic) bond motifs is 1. The Morgan fingerprint density at radius 1 is 1.30 bits per heavy atom. The van der Waals surface area contributed by atoms with E-state index >= 15 is 0 Å². The SMILES string of the molecule is O=C1c2ccccc2S(=O)(=O)N1CCCC1CCCN1. The van der Waals surface area contributed by atoms with Gasteiger partial charge in [-0.2, -0.15) is 0 Å². The predicted octanol–water partition coefficient (Wildman–Crippen LogP) is 1.36. The lowest BCUT2D eigenvalue weighted by Crippen LogP contribution is -2.32. The number of carbonyl (C=O) groups is 1. The van der Waals surface area contributed by atoms with E-state index in [1.54, 1.807) is 18.2 Å². The van der Waals surface area contributed by atoms with Crippen LogP contribution in [0.2, 0.25) is 0 Å². The van der Waals surface area contributed by atoms with E-state index < -0.39 is 10.0 Å². The van der Waals surface area contributed by atoms with Gasteiger partial charge >= 0.3 is 0 Å². The van der Waals surface area contributed by atoms with Crippen LogP contribution in [0.3, 0.4) is 0 Å². The second kappa shape index (κ2) is 5.18. The summed E-state index contributed by atoms with van der Waals surface area (Å²) >= 11 is 0. The van der Waals surface area contributed by atoms with Crippen molar-refractivity contribution in [1.29, 1.82) is 0 Å². The number of carbonyl (C=O) groups excluding carboxylic acids is 1. The molecule has 0 radical (unpaired) electrons. The summed E-state index contributed by atoms with van der Waals surface area (Å²) in [5.74, 6) is -0.389. The van der Waals surface area contributed by atoms with Gasteiger partial charge in [0, 0.05) is 12.6 Å². The van der Waals surface area contributed by atoms with Crippen molar-refractivity contribution in [3.05, 3.63) is 29.8 Å². The summed E-state index contributed by atoms with van der Waals surface area (Å²) in [5, 5.41) is 3.38. The minimum Gasteiger partial charge on any atom is -0.314 e. The molecule has 6 heteroatoms. The van der Waals surface area contributed by atoms with Crippen molar-refractivity contribution in [3.63, 3.8) is 0 Å². The van der Waals surface area contributed by atoms with Crippen molar-refractivity contribution < 1.29 is 13.2 Å². The molecule has 0 spiro atoms. The molecule has 1 fully saturated rings. The molecule has 0 aromatic heterocycles. The maximum absolute atomic E-state index is 12.3. The zero-order valence-corrected chi connectivity index (χ0v) is 12.0. The van der Waals surface area contributed by atoms with Gasteiger partial charge < -0.3 is 5.32 Å². The van der Waals surface area contributed by atoms with Crippen LogP contribution in [-0.4, -0.2) is 37.8 Å². The van der Waals surface area contributed by atoms with Crippen molar-refractivity contribution >= 4 is 15.9 Å². The normalized spacial score (nSPS) is 24.1. The Labute approximate surface area is 119 Å². The van der Waals surface area contributed by atoms with Gasteiger partial charge in [-0.1, -0.05) is 12.1 Å². The molecule has 0 bridgehead atoms. The topological polar surface area (TPSA) is 66.5 Å². The molecule has 3 rings (SSSR count). The highest BCUT2D eigenvalue weighted by molar-refractivity contribution is 7.90. The lowest BCUT2D eigenvalue weighted by molar-refractivity contribution is 0.0869. The summed E-state index contributed by atoms with van der Waals surface area (Å²) < 4.78 is 25.6. The number of amides is 1. The van der Waals surface area contributed by atoms with Crippen molar-refractivity contribution in [2.24, 2.45) is 0 Å². The fourth-order valence-corrected chi connectivity index (χ4v) is 4.54. The van der Waals surface area contributed by atoms with E-state index in [0.29, 0.717) is 18.0 Å². The van der Waals surface area contributed by atoms with Crippen LogP contribution in [0, 0.1) is 0 Å². The first-order valence-electron chi connectivity index (χ1n) is 7.00. The highest BCUT2D eigenvalue weighted by Crippen LogP contribution is 2.30. The Morgan fingerprint density at radius 2 is 2.10 bits per heavy atom. The van der Waals surface area contributed by atoms with E-state index in [9.17, 15) is 13.2 Å². The monoisotopic (exact) mass is 294 g/mol. The predicted molar refractivity (Wildman–Crippen MR) is 74.9 cm³/mol. The maximum atomic E-state index is 12.3. The number of sulfonamides is 1. The quantitative estimate of drug-likeness (QED) is 0.910. The molecule has 108 valence electrons. The Kier molecular flexibility index (Phi) is 3.52. The molecule has 20 heavy (non-hydrogen) atoms. The smallest absolute Gasteiger partial charge is 0.269 e. The largest absolute Gasteiger partial charge is 0.314 e. The van der Waals surface area contributed by atoms with Gasteiger partial charge in [0.25, 0.3) is 15.9 Å². The van der Waals surface area contributed by atoms with Gasteiger partial charge in [0.05, 0.1) is 5.56 Å². The van der Waals surface area contributed by atoms with Gasteiger partial charge in [-0.05, 0) is 44.4 Å². The molecule has 0 aliphatic carbocycles. The van der Waals surface area contributed by atoms with Crippen LogP contribution in [0.4, 0.5) is 0 Å². The van der Waals surface area contributed by atoms with Crippen LogP contribution < -0.4 is 5.32 Å². The third-order valence-corrected chi connectivity index (χ3v) is 5.83. The van der Waals surface area contributed by atoms with Gasteiger partial charge in [0.2, 0.25) is 0 Å². The van der Waals surface area contributed by atoms with E-state index in [-0.39, 0.29) is 17.3 Å². The average Bonchev–Trinajstić information content (AvgIpc) is 3.01. The standard InChI is InChI=1S/C14H18N2O3S/c17-14-12-7-1-2-8-13(12)20(18,19)16(14)10-4-6-11-5-3-9-15-11/h1-2,7-8,11,15H,3-6,9-10H2. The van der Waals surface area contributed by atoms with Crippen LogP contribution in [0.25, 0.3) is 0 Å². The van der Waals surface area contributed by atoms with Crippen molar-refractivity contribution in [3.8, 4) is 0 Å². The zero-order chi connectivity index (χ0) is 14.2. The molecular formula is C14H18N2O3S. The summed E-state index contributed by atoms with van der Waals surface area (Å²) in [7, 11) is -3.63. The zero-order valence-electron chi connectivity index (χ0n) is 11.2. The number of nitrogens with one attached hydrogen (secondary N) is 1. The Hall–Kier alpha value is -1.40. The van der Waals surface area contributed by atoms with E-state index in [4.69, 9.17) is 0 Å². The Morgan fingerprint density at radius 3 is 2.80 bits per heavy atom. The molecule has 2 aliphatic rings. The van der Waals surface area contributed by atoms with Crippen LogP contribution >= 0.6 is 0 Å².